The Morgan fingerprint density at radius 1 is 1.30 bits per heavy atom. The highest BCUT2D eigenvalue weighted by atomic mass is 16.6. The average molecular weight is 273 g/mol. The van der Waals surface area contributed by atoms with Gasteiger partial charge < -0.3 is 5.32 Å². The Hall–Kier alpha value is -2.83. The lowest BCUT2D eigenvalue weighted by molar-refractivity contribution is -0.493. The summed E-state index contributed by atoms with van der Waals surface area (Å²) in [6, 6.07) is 5.55. The zero-order chi connectivity index (χ0) is 14.7. The molecular formula is C13H11N3O4. The second-order valence-electron chi connectivity index (χ2n) is 4.20. The fraction of sp³-hybridized carbons (Fsp3) is 0.154. The molecule has 7 heteroatoms. The summed E-state index contributed by atoms with van der Waals surface area (Å²) in [5.41, 5.74) is 1.91. The van der Waals surface area contributed by atoms with Gasteiger partial charge >= 0.3 is 17.9 Å². The van der Waals surface area contributed by atoms with Gasteiger partial charge in [0.15, 0.2) is 0 Å². The van der Waals surface area contributed by atoms with E-state index in [1.165, 1.54) is 6.08 Å². The average Bonchev–Trinajstić information content (AvgIpc) is 2.36. The Kier molecular flexibility index (Phi) is 3.69. The lowest BCUT2D eigenvalue weighted by atomic mass is 10.1. The van der Waals surface area contributed by atoms with Crippen molar-refractivity contribution in [3.8, 4) is 0 Å². The molecule has 1 heterocycles. The predicted molar refractivity (Wildman–Crippen MR) is 71.6 cm³/mol. The number of amides is 2. The van der Waals surface area contributed by atoms with E-state index in [2.05, 4.69) is 10.3 Å². The second kappa shape index (κ2) is 5.43. The summed E-state index contributed by atoms with van der Waals surface area (Å²) >= 11 is 0. The molecular weight excluding hydrogens is 262 g/mol. The lowest BCUT2D eigenvalue weighted by Crippen LogP contribution is -2.50. The third-order valence-electron chi connectivity index (χ3n) is 2.78. The van der Waals surface area contributed by atoms with Gasteiger partial charge in [0.25, 0.3) is 0 Å². The molecule has 0 radical (unpaired) electrons. The summed E-state index contributed by atoms with van der Waals surface area (Å²) in [6.07, 6.45) is 3.11. The van der Waals surface area contributed by atoms with Gasteiger partial charge in [0.1, 0.15) is 5.84 Å². The van der Waals surface area contributed by atoms with Crippen molar-refractivity contribution < 1.29 is 14.5 Å². The fourth-order valence-corrected chi connectivity index (χ4v) is 1.72. The maximum atomic E-state index is 11.4. The van der Waals surface area contributed by atoms with Crippen LogP contribution in [0, 0.1) is 17.0 Å². The van der Waals surface area contributed by atoms with E-state index >= 15 is 0 Å². The highest BCUT2D eigenvalue weighted by Gasteiger charge is 2.41. The van der Waals surface area contributed by atoms with Crippen LogP contribution in [0.15, 0.2) is 35.3 Å². The first-order valence-electron chi connectivity index (χ1n) is 5.79. The van der Waals surface area contributed by atoms with E-state index in [0.717, 1.165) is 11.1 Å². The number of rotatable bonds is 3. The summed E-state index contributed by atoms with van der Waals surface area (Å²) in [5.74, 6) is -2.04. The standard InChI is InChI=1S/C13H11N3O4/c1-8-4-2-3-5-9(8)6-7-10-14-12(17)11(16(19)20)13(18)15-10/h2-7,11H,1H3,(H,14,15,17,18)/b7-6+. The van der Waals surface area contributed by atoms with Crippen LogP contribution in [0.4, 0.5) is 0 Å². The van der Waals surface area contributed by atoms with E-state index in [0.29, 0.717) is 0 Å². The molecule has 0 bridgehead atoms. The molecule has 1 aliphatic heterocycles. The van der Waals surface area contributed by atoms with E-state index < -0.39 is 22.8 Å². The van der Waals surface area contributed by atoms with Crippen LogP contribution < -0.4 is 5.32 Å². The van der Waals surface area contributed by atoms with Gasteiger partial charge in [0, 0.05) is 4.92 Å². The third-order valence-corrected chi connectivity index (χ3v) is 2.78. The molecule has 0 fully saturated rings. The van der Waals surface area contributed by atoms with Gasteiger partial charge in [-0.3, -0.25) is 19.7 Å². The number of aliphatic imine (C=N–C) groups is 1. The molecule has 1 N–H and O–H groups in total. The molecule has 1 unspecified atom stereocenters. The van der Waals surface area contributed by atoms with Crippen molar-refractivity contribution >= 4 is 23.7 Å². The van der Waals surface area contributed by atoms with Gasteiger partial charge in [-0.1, -0.05) is 30.3 Å². The van der Waals surface area contributed by atoms with E-state index in [4.69, 9.17) is 0 Å². The topological polar surface area (TPSA) is 102 Å². The number of carbonyl (C=O) groups is 2. The van der Waals surface area contributed by atoms with Gasteiger partial charge in [-0.2, -0.15) is 4.99 Å². The maximum absolute atomic E-state index is 11.4. The summed E-state index contributed by atoms with van der Waals surface area (Å²) in [4.78, 5) is 35.9. The number of carbonyl (C=O) groups excluding carboxylic acids is 2. The van der Waals surface area contributed by atoms with Gasteiger partial charge in [-0.15, -0.1) is 0 Å². The number of nitrogens with one attached hydrogen (secondary N) is 1. The van der Waals surface area contributed by atoms with Crippen LogP contribution in [-0.4, -0.2) is 28.6 Å². The summed E-state index contributed by atoms with van der Waals surface area (Å²) in [7, 11) is 0. The number of hydrogen-bond donors (Lipinski definition) is 1. The first-order chi connectivity index (χ1) is 9.49. The molecule has 1 aliphatic rings. The molecule has 102 valence electrons. The Labute approximate surface area is 114 Å². The minimum absolute atomic E-state index is 0.00125. The van der Waals surface area contributed by atoms with Crippen molar-refractivity contribution in [2.24, 2.45) is 4.99 Å². The van der Waals surface area contributed by atoms with E-state index in [-0.39, 0.29) is 5.84 Å². The Morgan fingerprint density at radius 3 is 2.60 bits per heavy atom. The minimum atomic E-state index is -1.95. The van der Waals surface area contributed by atoms with Crippen LogP contribution in [0.2, 0.25) is 0 Å². The molecule has 1 aromatic carbocycles. The minimum Gasteiger partial charge on any atom is -0.304 e. The molecule has 0 saturated heterocycles. The number of benzene rings is 1. The molecule has 0 saturated carbocycles. The molecule has 1 atom stereocenters. The highest BCUT2D eigenvalue weighted by molar-refractivity contribution is 6.21. The first-order valence-corrected chi connectivity index (χ1v) is 5.79. The van der Waals surface area contributed by atoms with Crippen LogP contribution in [-0.2, 0) is 9.59 Å². The maximum Gasteiger partial charge on any atom is 0.368 e. The number of aryl methyl sites for hydroxylation is 1. The Morgan fingerprint density at radius 2 is 2.00 bits per heavy atom. The molecule has 0 aromatic heterocycles. The molecule has 20 heavy (non-hydrogen) atoms. The van der Waals surface area contributed by atoms with Crippen molar-refractivity contribution in [1.82, 2.24) is 5.32 Å². The van der Waals surface area contributed by atoms with Gasteiger partial charge in [-0.05, 0) is 24.1 Å². The van der Waals surface area contributed by atoms with Crippen molar-refractivity contribution in [1.29, 1.82) is 0 Å². The smallest absolute Gasteiger partial charge is 0.304 e. The zero-order valence-electron chi connectivity index (χ0n) is 10.6. The van der Waals surface area contributed by atoms with Crippen LogP contribution in [0.3, 0.4) is 0 Å². The normalized spacial score (nSPS) is 18.9. The van der Waals surface area contributed by atoms with Gasteiger partial charge in [0.05, 0.1) is 0 Å². The van der Waals surface area contributed by atoms with Crippen LogP contribution >= 0.6 is 0 Å². The summed E-state index contributed by atoms with van der Waals surface area (Å²) < 4.78 is 0. The molecule has 1 aromatic rings. The summed E-state index contributed by atoms with van der Waals surface area (Å²) in [6.45, 7) is 1.91. The van der Waals surface area contributed by atoms with Crippen molar-refractivity contribution in [2.75, 3.05) is 0 Å². The zero-order valence-corrected chi connectivity index (χ0v) is 10.6. The number of hydrogen-bond acceptors (Lipinski definition) is 4. The van der Waals surface area contributed by atoms with Crippen molar-refractivity contribution in [3.63, 3.8) is 0 Å². The fourth-order valence-electron chi connectivity index (χ4n) is 1.72. The Bertz CT molecular complexity index is 649. The Balaban J connectivity index is 2.22. The largest absolute Gasteiger partial charge is 0.368 e. The van der Waals surface area contributed by atoms with Gasteiger partial charge in [-0.25, -0.2) is 0 Å². The monoisotopic (exact) mass is 273 g/mol. The highest BCUT2D eigenvalue weighted by Crippen LogP contribution is 2.09. The molecule has 2 amide bonds. The third kappa shape index (κ3) is 2.77. The number of amidine groups is 1. The van der Waals surface area contributed by atoms with Crippen LogP contribution in [0.25, 0.3) is 6.08 Å². The molecule has 7 nitrogen and oxygen atoms in total. The second-order valence-corrected chi connectivity index (χ2v) is 4.20. The number of nitrogens with zero attached hydrogens (tertiary/aromatic N) is 2. The van der Waals surface area contributed by atoms with E-state index in [9.17, 15) is 19.7 Å². The van der Waals surface area contributed by atoms with Crippen molar-refractivity contribution in [2.45, 2.75) is 13.0 Å². The van der Waals surface area contributed by atoms with Crippen LogP contribution in [0.5, 0.6) is 0 Å². The lowest BCUT2D eigenvalue weighted by Gasteiger charge is -2.12. The molecule has 2 rings (SSSR count). The van der Waals surface area contributed by atoms with E-state index in [1.807, 2.05) is 31.2 Å². The first kappa shape index (κ1) is 13.6. The summed E-state index contributed by atoms with van der Waals surface area (Å²) in [5, 5.41) is 12.8. The van der Waals surface area contributed by atoms with Crippen molar-refractivity contribution in [3.05, 3.63) is 51.6 Å². The SMILES string of the molecule is Cc1ccccc1/C=C/C1=NC(=O)C([N+](=O)[O-])C(=O)N1. The molecule has 0 aliphatic carbocycles. The van der Waals surface area contributed by atoms with E-state index in [1.54, 1.807) is 6.08 Å². The quantitative estimate of drug-likeness (QED) is 0.497. The molecule has 0 spiro atoms. The van der Waals surface area contributed by atoms with Gasteiger partial charge in [0.2, 0.25) is 0 Å². The predicted octanol–water partition coefficient (Wildman–Crippen LogP) is 0.708. The van der Waals surface area contributed by atoms with Crippen LogP contribution in [0.1, 0.15) is 11.1 Å². The number of nitro groups is 1.